The molecule has 0 spiro atoms. The van der Waals surface area contributed by atoms with E-state index in [-0.39, 0.29) is 12.1 Å². The second-order valence-corrected chi connectivity index (χ2v) is 5.07. The third-order valence-corrected chi connectivity index (χ3v) is 3.78. The van der Waals surface area contributed by atoms with Gasteiger partial charge in [-0.15, -0.1) is 11.3 Å². The van der Waals surface area contributed by atoms with E-state index < -0.39 is 0 Å². The number of thiazole rings is 1. The number of likely N-dealkylation sites (tertiary alicyclic amines) is 1. The fourth-order valence-corrected chi connectivity index (χ4v) is 2.57. The zero-order valence-corrected chi connectivity index (χ0v) is 11.0. The number of nitrogens with one attached hydrogen (secondary N) is 2. The van der Waals surface area contributed by atoms with Gasteiger partial charge in [-0.3, -0.25) is 5.32 Å². The molecule has 1 aromatic rings. The summed E-state index contributed by atoms with van der Waals surface area (Å²) in [5.74, 6) is 0. The number of hydrogen-bond donors (Lipinski definition) is 2. The number of hydrogen-bond acceptors (Lipinski definition) is 4. The molecule has 2 amide bonds. The van der Waals surface area contributed by atoms with E-state index in [9.17, 15) is 4.79 Å². The first-order chi connectivity index (χ1) is 8.20. The minimum absolute atomic E-state index is 0.0273. The summed E-state index contributed by atoms with van der Waals surface area (Å²) in [6, 6.07) is 0.184. The van der Waals surface area contributed by atoms with Crippen LogP contribution < -0.4 is 10.6 Å². The smallest absolute Gasteiger partial charge is 0.323 e. The third-order valence-electron chi connectivity index (χ3n) is 3.01. The Morgan fingerprint density at radius 3 is 2.88 bits per heavy atom. The van der Waals surface area contributed by atoms with Crippen LogP contribution in [0.2, 0.25) is 0 Å². The summed E-state index contributed by atoms with van der Waals surface area (Å²) < 4.78 is 0. The maximum Gasteiger partial charge on any atom is 0.323 e. The van der Waals surface area contributed by atoms with Crippen molar-refractivity contribution in [2.45, 2.75) is 25.8 Å². The van der Waals surface area contributed by atoms with E-state index in [0.717, 1.165) is 31.6 Å². The van der Waals surface area contributed by atoms with Crippen molar-refractivity contribution in [2.75, 3.05) is 25.5 Å². The molecule has 1 aliphatic rings. The Morgan fingerprint density at radius 1 is 1.53 bits per heavy atom. The van der Waals surface area contributed by atoms with Crippen molar-refractivity contribution in [1.82, 2.24) is 15.2 Å². The van der Waals surface area contributed by atoms with Crippen molar-refractivity contribution in [1.29, 1.82) is 0 Å². The second kappa shape index (κ2) is 5.46. The molecule has 1 unspecified atom stereocenters. The van der Waals surface area contributed by atoms with Gasteiger partial charge in [-0.25, -0.2) is 9.78 Å². The third kappa shape index (κ3) is 2.95. The van der Waals surface area contributed by atoms with Gasteiger partial charge in [0.25, 0.3) is 0 Å². The van der Waals surface area contributed by atoms with Gasteiger partial charge in [0.2, 0.25) is 0 Å². The Morgan fingerprint density at radius 2 is 2.24 bits per heavy atom. The highest BCUT2D eigenvalue weighted by atomic mass is 32.1. The SMILES string of the molecule is CNC(C)c1csc(NC(=O)N2CCCC2)n1. The van der Waals surface area contributed by atoms with Crippen LogP contribution in [-0.4, -0.2) is 36.1 Å². The minimum atomic E-state index is -0.0273. The molecule has 6 heteroatoms. The van der Waals surface area contributed by atoms with Gasteiger partial charge in [0.15, 0.2) is 5.13 Å². The van der Waals surface area contributed by atoms with Crippen LogP contribution in [0.3, 0.4) is 0 Å². The first-order valence-electron chi connectivity index (χ1n) is 5.89. The summed E-state index contributed by atoms with van der Waals surface area (Å²) in [5.41, 5.74) is 0.967. The van der Waals surface area contributed by atoms with Gasteiger partial charge in [0, 0.05) is 24.5 Å². The summed E-state index contributed by atoms with van der Waals surface area (Å²) in [5, 5.41) is 8.63. The molecule has 1 fully saturated rings. The Kier molecular flexibility index (Phi) is 3.96. The number of carbonyl (C=O) groups excluding carboxylic acids is 1. The number of carbonyl (C=O) groups is 1. The molecular formula is C11H18N4OS. The van der Waals surface area contributed by atoms with E-state index in [0.29, 0.717) is 5.13 Å². The molecule has 0 aromatic carbocycles. The standard InChI is InChI=1S/C11H18N4OS/c1-8(12-2)9-7-17-10(13-9)14-11(16)15-5-3-4-6-15/h7-8,12H,3-6H2,1-2H3,(H,13,14,16). The van der Waals surface area contributed by atoms with Gasteiger partial charge in [0.05, 0.1) is 5.69 Å². The molecule has 0 aliphatic carbocycles. The minimum Gasteiger partial charge on any atom is -0.324 e. The molecule has 1 aromatic heterocycles. The molecule has 94 valence electrons. The predicted octanol–water partition coefficient (Wildman–Crippen LogP) is 2.05. The Labute approximate surface area is 105 Å². The average molecular weight is 254 g/mol. The lowest BCUT2D eigenvalue weighted by Gasteiger charge is -2.14. The molecular weight excluding hydrogens is 236 g/mol. The quantitative estimate of drug-likeness (QED) is 0.868. The fourth-order valence-electron chi connectivity index (χ4n) is 1.78. The lowest BCUT2D eigenvalue weighted by atomic mass is 10.3. The molecule has 1 atom stereocenters. The highest BCUT2D eigenvalue weighted by Crippen LogP contribution is 2.21. The highest BCUT2D eigenvalue weighted by molar-refractivity contribution is 7.13. The molecule has 2 heterocycles. The number of aromatic nitrogens is 1. The number of rotatable bonds is 3. The van der Waals surface area contributed by atoms with Crippen LogP contribution in [0.15, 0.2) is 5.38 Å². The number of anilines is 1. The predicted molar refractivity (Wildman–Crippen MR) is 69.4 cm³/mol. The van der Waals surface area contributed by atoms with Gasteiger partial charge in [-0.05, 0) is 26.8 Å². The van der Waals surface area contributed by atoms with Gasteiger partial charge >= 0.3 is 6.03 Å². The van der Waals surface area contributed by atoms with Crippen LogP contribution in [0, 0.1) is 0 Å². The van der Waals surface area contributed by atoms with Crippen LogP contribution in [0.25, 0.3) is 0 Å². The van der Waals surface area contributed by atoms with Gasteiger partial charge in [0.1, 0.15) is 0 Å². The maximum absolute atomic E-state index is 11.8. The first kappa shape index (κ1) is 12.3. The summed E-state index contributed by atoms with van der Waals surface area (Å²) in [6.07, 6.45) is 2.21. The number of urea groups is 1. The average Bonchev–Trinajstić information content (AvgIpc) is 2.98. The normalized spacial score (nSPS) is 17.2. The molecule has 0 saturated carbocycles. The maximum atomic E-state index is 11.8. The van der Waals surface area contributed by atoms with Crippen LogP contribution >= 0.6 is 11.3 Å². The summed E-state index contributed by atoms with van der Waals surface area (Å²) >= 11 is 1.47. The molecule has 1 saturated heterocycles. The largest absolute Gasteiger partial charge is 0.324 e. The molecule has 1 aliphatic heterocycles. The van der Waals surface area contributed by atoms with Crippen LogP contribution in [-0.2, 0) is 0 Å². The van der Waals surface area contributed by atoms with E-state index in [1.165, 1.54) is 11.3 Å². The van der Waals surface area contributed by atoms with E-state index in [2.05, 4.69) is 15.6 Å². The molecule has 2 rings (SSSR count). The molecule has 2 N–H and O–H groups in total. The zero-order chi connectivity index (χ0) is 12.3. The first-order valence-corrected chi connectivity index (χ1v) is 6.77. The Hall–Kier alpha value is -1.14. The van der Waals surface area contributed by atoms with Crippen molar-refractivity contribution in [3.63, 3.8) is 0 Å². The van der Waals surface area contributed by atoms with Crippen LogP contribution in [0.1, 0.15) is 31.5 Å². The monoisotopic (exact) mass is 254 g/mol. The van der Waals surface area contributed by atoms with Gasteiger partial charge in [-0.1, -0.05) is 0 Å². The van der Waals surface area contributed by atoms with Gasteiger partial charge < -0.3 is 10.2 Å². The number of nitrogens with zero attached hydrogens (tertiary/aromatic N) is 2. The van der Waals surface area contributed by atoms with Crippen LogP contribution in [0.4, 0.5) is 9.93 Å². The van der Waals surface area contributed by atoms with Crippen molar-refractivity contribution < 1.29 is 4.79 Å². The van der Waals surface area contributed by atoms with Crippen molar-refractivity contribution in [3.05, 3.63) is 11.1 Å². The Balaban J connectivity index is 1.94. The van der Waals surface area contributed by atoms with E-state index in [1.54, 1.807) is 0 Å². The zero-order valence-electron chi connectivity index (χ0n) is 10.2. The second-order valence-electron chi connectivity index (χ2n) is 4.21. The molecule has 5 nitrogen and oxygen atoms in total. The van der Waals surface area contributed by atoms with Crippen molar-refractivity contribution >= 4 is 22.5 Å². The van der Waals surface area contributed by atoms with Crippen LogP contribution in [0.5, 0.6) is 0 Å². The molecule has 0 radical (unpaired) electrons. The molecule has 17 heavy (non-hydrogen) atoms. The summed E-state index contributed by atoms with van der Waals surface area (Å²) in [6.45, 7) is 3.76. The van der Waals surface area contributed by atoms with E-state index >= 15 is 0 Å². The van der Waals surface area contributed by atoms with E-state index in [4.69, 9.17) is 0 Å². The fraction of sp³-hybridized carbons (Fsp3) is 0.636. The summed E-state index contributed by atoms with van der Waals surface area (Å²) in [7, 11) is 1.90. The van der Waals surface area contributed by atoms with Crippen molar-refractivity contribution in [3.8, 4) is 0 Å². The topological polar surface area (TPSA) is 57.3 Å². The molecule has 0 bridgehead atoms. The number of amides is 2. The lowest BCUT2D eigenvalue weighted by Crippen LogP contribution is -2.32. The van der Waals surface area contributed by atoms with E-state index in [1.807, 2.05) is 24.3 Å². The van der Waals surface area contributed by atoms with Gasteiger partial charge in [-0.2, -0.15) is 0 Å². The highest BCUT2D eigenvalue weighted by Gasteiger charge is 2.19. The lowest BCUT2D eigenvalue weighted by molar-refractivity contribution is 0.222. The van der Waals surface area contributed by atoms with Crippen molar-refractivity contribution in [2.24, 2.45) is 0 Å². The Bertz CT molecular complexity index is 387. The summed E-state index contributed by atoms with van der Waals surface area (Å²) in [4.78, 5) is 18.1.